The summed E-state index contributed by atoms with van der Waals surface area (Å²) >= 11 is 5.98. The van der Waals surface area contributed by atoms with Crippen LogP contribution in [0.2, 0.25) is 5.02 Å². The molecule has 0 heterocycles. The molecule has 2 rings (SSSR count). The Kier molecular flexibility index (Phi) is 8.15. The third-order valence-electron chi connectivity index (χ3n) is 3.98. The molecule has 0 aliphatic rings. The van der Waals surface area contributed by atoms with Gasteiger partial charge in [0.2, 0.25) is 0 Å². The second-order valence-electron chi connectivity index (χ2n) is 6.37. The van der Waals surface area contributed by atoms with Crippen molar-refractivity contribution in [2.24, 2.45) is 0 Å². The van der Waals surface area contributed by atoms with Crippen LogP contribution in [0.5, 0.6) is 17.2 Å². The Morgan fingerprint density at radius 3 is 2.31 bits per heavy atom. The molecule has 2 amide bonds. The number of amides is 2. The van der Waals surface area contributed by atoms with E-state index in [1.54, 1.807) is 30.3 Å². The number of carbonyl (C=O) groups excluding carboxylic acids is 2. The zero-order chi connectivity index (χ0) is 21.4. The maximum Gasteiger partial charge on any atom is 0.276 e. The molecule has 0 radical (unpaired) electrons. The van der Waals surface area contributed by atoms with E-state index in [2.05, 4.69) is 10.9 Å². The number of halogens is 1. The first-order chi connectivity index (χ1) is 13.8. The SMILES string of the molecule is CCCOc1ccc(C(=O)NNC(=O)COc2c(C)cc(Cl)cc2C)cc1OC. The topological polar surface area (TPSA) is 85.9 Å². The van der Waals surface area contributed by atoms with Crippen LogP contribution in [0.1, 0.15) is 34.8 Å². The molecule has 2 aromatic rings. The smallest absolute Gasteiger partial charge is 0.276 e. The lowest BCUT2D eigenvalue weighted by molar-refractivity contribution is -0.123. The van der Waals surface area contributed by atoms with E-state index in [-0.39, 0.29) is 6.61 Å². The van der Waals surface area contributed by atoms with Gasteiger partial charge in [-0.15, -0.1) is 0 Å². The van der Waals surface area contributed by atoms with Gasteiger partial charge in [-0.25, -0.2) is 0 Å². The largest absolute Gasteiger partial charge is 0.493 e. The standard InChI is InChI=1S/C21H25ClN2O5/c1-5-8-28-17-7-6-15(11-18(17)27-4)21(26)24-23-19(25)12-29-20-13(2)9-16(22)10-14(20)3/h6-7,9-11H,5,8,12H2,1-4H3,(H,23,25)(H,24,26). The van der Waals surface area contributed by atoms with Gasteiger partial charge in [0.05, 0.1) is 13.7 Å². The number of benzene rings is 2. The first-order valence-electron chi connectivity index (χ1n) is 9.15. The summed E-state index contributed by atoms with van der Waals surface area (Å²) in [6.07, 6.45) is 0.856. The Balaban J connectivity index is 1.91. The Morgan fingerprint density at radius 2 is 1.69 bits per heavy atom. The highest BCUT2D eigenvalue weighted by atomic mass is 35.5. The highest BCUT2D eigenvalue weighted by Gasteiger charge is 2.13. The zero-order valence-electron chi connectivity index (χ0n) is 16.9. The molecule has 0 spiro atoms. The van der Waals surface area contributed by atoms with E-state index < -0.39 is 11.8 Å². The summed E-state index contributed by atoms with van der Waals surface area (Å²) < 4.78 is 16.4. The van der Waals surface area contributed by atoms with E-state index in [9.17, 15) is 9.59 Å². The molecule has 7 nitrogen and oxygen atoms in total. The van der Waals surface area contributed by atoms with Crippen LogP contribution in [0.3, 0.4) is 0 Å². The lowest BCUT2D eigenvalue weighted by Crippen LogP contribution is -2.43. The Bertz CT molecular complexity index is 862. The number of rotatable bonds is 8. The minimum absolute atomic E-state index is 0.253. The lowest BCUT2D eigenvalue weighted by Gasteiger charge is -2.14. The molecule has 0 saturated heterocycles. The fourth-order valence-corrected chi connectivity index (χ4v) is 2.96. The molecule has 2 aromatic carbocycles. The van der Waals surface area contributed by atoms with Gasteiger partial charge in [-0.1, -0.05) is 18.5 Å². The van der Waals surface area contributed by atoms with Crippen LogP contribution in [-0.2, 0) is 4.79 Å². The molecule has 0 fully saturated rings. The lowest BCUT2D eigenvalue weighted by atomic mass is 10.1. The molecule has 0 aliphatic carbocycles. The second-order valence-corrected chi connectivity index (χ2v) is 6.81. The molecule has 8 heteroatoms. The number of carbonyl (C=O) groups is 2. The normalized spacial score (nSPS) is 10.2. The van der Waals surface area contributed by atoms with Crippen LogP contribution in [0.25, 0.3) is 0 Å². The first kappa shape index (κ1) is 22.4. The molecular weight excluding hydrogens is 396 g/mol. The van der Waals surface area contributed by atoms with Crippen molar-refractivity contribution in [3.05, 3.63) is 52.0 Å². The monoisotopic (exact) mass is 420 g/mol. The molecular formula is C21H25ClN2O5. The summed E-state index contributed by atoms with van der Waals surface area (Å²) in [5.41, 5.74) is 6.64. The number of hydrazine groups is 1. The van der Waals surface area contributed by atoms with Crippen LogP contribution in [0.4, 0.5) is 0 Å². The Labute approximate surface area is 175 Å². The van der Waals surface area contributed by atoms with E-state index in [0.29, 0.717) is 34.4 Å². The van der Waals surface area contributed by atoms with Crippen molar-refractivity contribution in [1.29, 1.82) is 0 Å². The van der Waals surface area contributed by atoms with Crippen LogP contribution >= 0.6 is 11.6 Å². The second kappa shape index (κ2) is 10.6. The summed E-state index contributed by atoms with van der Waals surface area (Å²) in [6.45, 7) is 5.97. The van der Waals surface area contributed by atoms with Crippen molar-refractivity contribution in [2.75, 3.05) is 20.3 Å². The summed E-state index contributed by atoms with van der Waals surface area (Å²) in [5, 5.41) is 0.602. The van der Waals surface area contributed by atoms with Crippen molar-refractivity contribution < 1.29 is 23.8 Å². The number of hydrogen-bond donors (Lipinski definition) is 2. The van der Waals surface area contributed by atoms with Crippen LogP contribution in [-0.4, -0.2) is 32.1 Å². The fraction of sp³-hybridized carbons (Fsp3) is 0.333. The number of nitrogens with one attached hydrogen (secondary N) is 2. The number of aryl methyl sites for hydroxylation is 2. The van der Waals surface area contributed by atoms with E-state index in [1.807, 2.05) is 20.8 Å². The van der Waals surface area contributed by atoms with E-state index in [1.165, 1.54) is 7.11 Å². The van der Waals surface area contributed by atoms with Gasteiger partial charge >= 0.3 is 0 Å². The molecule has 2 N–H and O–H groups in total. The molecule has 156 valence electrons. The highest BCUT2D eigenvalue weighted by molar-refractivity contribution is 6.30. The first-order valence-corrected chi connectivity index (χ1v) is 9.53. The average Bonchev–Trinajstić information content (AvgIpc) is 2.69. The van der Waals surface area contributed by atoms with Gasteiger partial charge in [-0.2, -0.15) is 0 Å². The Hall–Kier alpha value is -2.93. The van der Waals surface area contributed by atoms with E-state index in [0.717, 1.165) is 17.5 Å². The number of hydrogen-bond acceptors (Lipinski definition) is 5. The summed E-state index contributed by atoms with van der Waals surface area (Å²) in [6, 6.07) is 8.30. The van der Waals surface area contributed by atoms with E-state index in [4.69, 9.17) is 25.8 Å². The van der Waals surface area contributed by atoms with Gasteiger partial charge in [0.25, 0.3) is 11.8 Å². The fourth-order valence-electron chi connectivity index (χ4n) is 2.64. The quantitative estimate of drug-likeness (QED) is 0.637. The molecule has 0 unspecified atom stereocenters. The third kappa shape index (κ3) is 6.29. The maximum absolute atomic E-state index is 12.3. The van der Waals surface area contributed by atoms with E-state index >= 15 is 0 Å². The van der Waals surface area contributed by atoms with Gasteiger partial charge in [0.15, 0.2) is 18.1 Å². The van der Waals surface area contributed by atoms with Gasteiger partial charge in [0.1, 0.15) is 5.75 Å². The maximum atomic E-state index is 12.3. The van der Waals surface area contributed by atoms with Crippen LogP contribution in [0, 0.1) is 13.8 Å². The van der Waals surface area contributed by atoms with Crippen molar-refractivity contribution in [2.45, 2.75) is 27.2 Å². The molecule has 29 heavy (non-hydrogen) atoms. The third-order valence-corrected chi connectivity index (χ3v) is 4.19. The molecule has 0 bridgehead atoms. The van der Waals surface area contributed by atoms with Crippen LogP contribution in [0.15, 0.2) is 30.3 Å². The molecule has 0 aliphatic heterocycles. The van der Waals surface area contributed by atoms with Crippen molar-refractivity contribution >= 4 is 23.4 Å². The van der Waals surface area contributed by atoms with Crippen LogP contribution < -0.4 is 25.1 Å². The predicted octanol–water partition coefficient (Wildman–Crippen LogP) is 3.59. The molecule has 0 saturated carbocycles. The van der Waals surface area contributed by atoms with Crippen molar-refractivity contribution in [3.63, 3.8) is 0 Å². The minimum Gasteiger partial charge on any atom is -0.493 e. The van der Waals surface area contributed by atoms with Gasteiger partial charge in [-0.3, -0.25) is 20.4 Å². The highest BCUT2D eigenvalue weighted by Crippen LogP contribution is 2.28. The summed E-state index contributed by atoms with van der Waals surface area (Å²) in [7, 11) is 1.50. The molecule has 0 atom stereocenters. The van der Waals surface area contributed by atoms with Crippen molar-refractivity contribution in [1.82, 2.24) is 10.9 Å². The number of methoxy groups -OCH3 is 1. The van der Waals surface area contributed by atoms with Gasteiger partial charge in [0, 0.05) is 10.6 Å². The predicted molar refractivity (Wildman–Crippen MR) is 111 cm³/mol. The molecule has 0 aromatic heterocycles. The van der Waals surface area contributed by atoms with Crippen molar-refractivity contribution in [3.8, 4) is 17.2 Å². The minimum atomic E-state index is -0.498. The van der Waals surface area contributed by atoms with Gasteiger partial charge < -0.3 is 14.2 Å². The number of ether oxygens (including phenoxy) is 3. The summed E-state index contributed by atoms with van der Waals surface area (Å²) in [4.78, 5) is 24.3. The Morgan fingerprint density at radius 1 is 1.00 bits per heavy atom. The van der Waals surface area contributed by atoms with Gasteiger partial charge in [-0.05, 0) is 61.7 Å². The zero-order valence-corrected chi connectivity index (χ0v) is 17.7. The average molecular weight is 421 g/mol. The summed E-state index contributed by atoms with van der Waals surface area (Å²) in [5.74, 6) is 0.592.